The number of nitrogens with two attached hydrogens (primary N) is 1. The molecule has 1 heterocycles. The van der Waals surface area contributed by atoms with Crippen LogP contribution >= 0.6 is 0 Å². The van der Waals surface area contributed by atoms with Crippen LogP contribution in [0.1, 0.15) is 39.5 Å². The zero-order chi connectivity index (χ0) is 13.0. The molecule has 0 amide bonds. The molecule has 2 atom stereocenters. The third-order valence-corrected chi connectivity index (χ3v) is 4.41. The Balaban J connectivity index is 1.76. The fraction of sp³-hybridized carbons (Fsp3) is 1.00. The van der Waals surface area contributed by atoms with Crippen molar-refractivity contribution in [2.24, 2.45) is 5.73 Å². The quantitative estimate of drug-likeness (QED) is 0.785. The van der Waals surface area contributed by atoms with E-state index < -0.39 is 0 Å². The van der Waals surface area contributed by atoms with Crippen LogP contribution in [0.15, 0.2) is 0 Å². The third kappa shape index (κ3) is 3.92. The highest BCUT2D eigenvalue weighted by Gasteiger charge is 2.29. The second kappa shape index (κ2) is 6.33. The summed E-state index contributed by atoms with van der Waals surface area (Å²) in [5.74, 6) is 0. The van der Waals surface area contributed by atoms with Gasteiger partial charge < -0.3 is 15.8 Å². The summed E-state index contributed by atoms with van der Waals surface area (Å²) in [7, 11) is 0. The number of hydrogen-bond donors (Lipinski definition) is 2. The van der Waals surface area contributed by atoms with E-state index in [0.29, 0.717) is 12.1 Å². The van der Waals surface area contributed by atoms with Gasteiger partial charge in [-0.05, 0) is 33.1 Å². The van der Waals surface area contributed by atoms with E-state index in [-0.39, 0.29) is 5.54 Å². The molecule has 0 aromatic heterocycles. The molecule has 1 saturated carbocycles. The molecule has 0 aromatic rings. The normalized spacial score (nSPS) is 31.5. The molecule has 2 unspecified atom stereocenters. The summed E-state index contributed by atoms with van der Waals surface area (Å²) in [6.45, 7) is 9.56. The van der Waals surface area contributed by atoms with Gasteiger partial charge in [-0.1, -0.05) is 6.42 Å². The molecule has 18 heavy (non-hydrogen) atoms. The van der Waals surface area contributed by atoms with Gasteiger partial charge in [0.15, 0.2) is 0 Å². The maximum atomic E-state index is 6.04. The van der Waals surface area contributed by atoms with E-state index >= 15 is 0 Å². The van der Waals surface area contributed by atoms with Gasteiger partial charge in [0.1, 0.15) is 0 Å². The fourth-order valence-corrected chi connectivity index (χ4v) is 3.09. The molecule has 0 radical (unpaired) electrons. The SMILES string of the molecule is CC(C)(CNC1CCCC(N)C1)N1CCOCC1. The molecular weight excluding hydrogens is 226 g/mol. The first kappa shape index (κ1) is 14.3. The molecule has 1 saturated heterocycles. The van der Waals surface area contributed by atoms with Gasteiger partial charge in [-0.15, -0.1) is 0 Å². The van der Waals surface area contributed by atoms with Crippen molar-refractivity contribution in [3.05, 3.63) is 0 Å². The van der Waals surface area contributed by atoms with Gasteiger partial charge in [0.05, 0.1) is 13.2 Å². The van der Waals surface area contributed by atoms with Gasteiger partial charge in [-0.25, -0.2) is 0 Å². The highest BCUT2D eigenvalue weighted by atomic mass is 16.5. The van der Waals surface area contributed by atoms with E-state index in [1.807, 2.05) is 0 Å². The molecule has 0 bridgehead atoms. The van der Waals surface area contributed by atoms with Gasteiger partial charge in [0.2, 0.25) is 0 Å². The first-order valence-electron chi connectivity index (χ1n) is 7.40. The molecule has 106 valence electrons. The maximum absolute atomic E-state index is 6.04. The zero-order valence-corrected chi connectivity index (χ0v) is 12.0. The minimum Gasteiger partial charge on any atom is -0.379 e. The van der Waals surface area contributed by atoms with E-state index in [2.05, 4.69) is 24.1 Å². The van der Waals surface area contributed by atoms with Crippen molar-refractivity contribution < 1.29 is 4.74 Å². The Bertz CT molecular complexity index is 251. The van der Waals surface area contributed by atoms with E-state index in [1.165, 1.54) is 19.3 Å². The lowest BCUT2D eigenvalue weighted by molar-refractivity contribution is -0.0107. The summed E-state index contributed by atoms with van der Waals surface area (Å²) in [6.07, 6.45) is 4.90. The lowest BCUT2D eigenvalue weighted by Crippen LogP contribution is -2.56. The monoisotopic (exact) mass is 255 g/mol. The molecule has 2 rings (SSSR count). The predicted molar refractivity (Wildman–Crippen MR) is 74.7 cm³/mol. The Morgan fingerprint density at radius 1 is 1.28 bits per heavy atom. The predicted octanol–water partition coefficient (Wildman–Crippen LogP) is 0.957. The topological polar surface area (TPSA) is 50.5 Å². The van der Waals surface area contributed by atoms with Crippen LogP contribution in [0.4, 0.5) is 0 Å². The van der Waals surface area contributed by atoms with Gasteiger partial charge >= 0.3 is 0 Å². The van der Waals surface area contributed by atoms with Gasteiger partial charge in [-0.3, -0.25) is 4.90 Å². The van der Waals surface area contributed by atoms with Crippen molar-refractivity contribution in [1.82, 2.24) is 10.2 Å². The van der Waals surface area contributed by atoms with Crippen LogP contribution in [0.5, 0.6) is 0 Å². The van der Waals surface area contributed by atoms with E-state index in [1.54, 1.807) is 0 Å². The summed E-state index contributed by atoms with van der Waals surface area (Å²) in [6, 6.07) is 1.02. The van der Waals surface area contributed by atoms with Crippen LogP contribution in [-0.4, -0.2) is 55.4 Å². The van der Waals surface area contributed by atoms with E-state index in [4.69, 9.17) is 10.5 Å². The first-order valence-corrected chi connectivity index (χ1v) is 7.40. The Kier molecular flexibility index (Phi) is 5.01. The highest BCUT2D eigenvalue weighted by molar-refractivity contribution is 4.88. The summed E-state index contributed by atoms with van der Waals surface area (Å²) >= 11 is 0. The summed E-state index contributed by atoms with van der Waals surface area (Å²) in [5, 5.41) is 3.73. The minimum atomic E-state index is 0.214. The molecule has 2 fully saturated rings. The largest absolute Gasteiger partial charge is 0.379 e. The van der Waals surface area contributed by atoms with Crippen LogP contribution in [0.2, 0.25) is 0 Å². The van der Waals surface area contributed by atoms with Crippen molar-refractivity contribution in [3.8, 4) is 0 Å². The van der Waals surface area contributed by atoms with E-state index in [9.17, 15) is 0 Å². The van der Waals surface area contributed by atoms with Crippen LogP contribution in [0.3, 0.4) is 0 Å². The van der Waals surface area contributed by atoms with Crippen LogP contribution in [0, 0.1) is 0 Å². The molecular formula is C14H29N3O. The zero-order valence-electron chi connectivity index (χ0n) is 12.0. The van der Waals surface area contributed by atoms with Crippen molar-refractivity contribution in [2.75, 3.05) is 32.8 Å². The van der Waals surface area contributed by atoms with Gasteiger partial charge in [-0.2, -0.15) is 0 Å². The number of nitrogens with one attached hydrogen (secondary N) is 1. The van der Waals surface area contributed by atoms with Gasteiger partial charge in [0, 0.05) is 37.3 Å². The van der Waals surface area contributed by atoms with Crippen molar-refractivity contribution in [1.29, 1.82) is 0 Å². The lowest BCUT2D eigenvalue weighted by Gasteiger charge is -2.42. The molecule has 1 aliphatic carbocycles. The highest BCUT2D eigenvalue weighted by Crippen LogP contribution is 2.19. The molecule has 4 heteroatoms. The number of ether oxygens (including phenoxy) is 1. The molecule has 0 aromatic carbocycles. The Morgan fingerprint density at radius 2 is 2.00 bits per heavy atom. The standard InChI is InChI=1S/C14H29N3O/c1-14(2,17-6-8-18-9-7-17)11-16-13-5-3-4-12(15)10-13/h12-13,16H,3-11,15H2,1-2H3. The van der Waals surface area contributed by atoms with Crippen LogP contribution < -0.4 is 11.1 Å². The van der Waals surface area contributed by atoms with Gasteiger partial charge in [0.25, 0.3) is 0 Å². The number of morpholine rings is 1. The number of hydrogen-bond acceptors (Lipinski definition) is 4. The minimum absolute atomic E-state index is 0.214. The average Bonchev–Trinajstić information content (AvgIpc) is 2.38. The second-order valence-electron chi connectivity index (χ2n) is 6.42. The van der Waals surface area contributed by atoms with E-state index in [0.717, 1.165) is 39.3 Å². The molecule has 0 spiro atoms. The number of rotatable bonds is 4. The molecule has 4 nitrogen and oxygen atoms in total. The Morgan fingerprint density at radius 3 is 2.67 bits per heavy atom. The second-order valence-corrected chi connectivity index (χ2v) is 6.42. The lowest BCUT2D eigenvalue weighted by atomic mass is 9.91. The summed E-state index contributed by atoms with van der Waals surface area (Å²) in [5.41, 5.74) is 6.25. The number of nitrogens with zero attached hydrogens (tertiary/aromatic N) is 1. The molecule has 2 aliphatic rings. The fourth-order valence-electron chi connectivity index (χ4n) is 3.09. The molecule has 3 N–H and O–H groups in total. The van der Waals surface area contributed by atoms with Crippen LogP contribution in [0.25, 0.3) is 0 Å². The Hall–Kier alpha value is -0.160. The summed E-state index contributed by atoms with van der Waals surface area (Å²) in [4.78, 5) is 2.53. The smallest absolute Gasteiger partial charge is 0.0594 e. The Labute approximate surface area is 111 Å². The van der Waals surface area contributed by atoms with Crippen LogP contribution in [-0.2, 0) is 4.74 Å². The van der Waals surface area contributed by atoms with Crippen molar-refractivity contribution >= 4 is 0 Å². The van der Waals surface area contributed by atoms with Crippen molar-refractivity contribution in [2.45, 2.75) is 57.2 Å². The third-order valence-electron chi connectivity index (χ3n) is 4.41. The van der Waals surface area contributed by atoms with Crippen molar-refractivity contribution in [3.63, 3.8) is 0 Å². The average molecular weight is 255 g/mol. The molecule has 1 aliphatic heterocycles. The maximum Gasteiger partial charge on any atom is 0.0594 e. The first-order chi connectivity index (χ1) is 8.58. The summed E-state index contributed by atoms with van der Waals surface area (Å²) < 4.78 is 5.42.